The minimum absolute atomic E-state index is 0.701. The summed E-state index contributed by atoms with van der Waals surface area (Å²) in [5.74, 6) is 1.26. The van der Waals surface area contributed by atoms with Gasteiger partial charge in [-0.3, -0.25) is 0 Å². The molecule has 0 amide bonds. The van der Waals surface area contributed by atoms with Gasteiger partial charge in [0.2, 0.25) is 10.0 Å². The molecule has 1 fully saturated rings. The molecule has 0 aliphatic carbocycles. The average Bonchev–Trinajstić information content (AvgIpc) is 2.38. The maximum absolute atomic E-state index is 11.1. The van der Waals surface area contributed by atoms with Crippen LogP contribution in [0.25, 0.3) is 0 Å². The van der Waals surface area contributed by atoms with E-state index in [1.165, 1.54) is 10.1 Å². The Kier molecular flexibility index (Phi) is 2.31. The maximum atomic E-state index is 11.1. The third kappa shape index (κ3) is 1.49. The topological polar surface area (TPSA) is 37.4 Å². The Morgan fingerprint density at radius 3 is 2.20 bits per heavy atom. The molecule has 59 valence electrons. The van der Waals surface area contributed by atoms with Gasteiger partial charge in [-0.1, -0.05) is 0 Å². The summed E-state index contributed by atoms with van der Waals surface area (Å²) >= 11 is 0. The van der Waals surface area contributed by atoms with Crippen LogP contribution in [-0.4, -0.2) is 25.8 Å². The van der Waals surface area contributed by atoms with Gasteiger partial charge in [0, 0.05) is 13.1 Å². The first kappa shape index (κ1) is 8.01. The Morgan fingerprint density at radius 1 is 1.30 bits per heavy atom. The molecule has 0 N–H and O–H groups in total. The molecule has 0 aromatic rings. The van der Waals surface area contributed by atoms with Crippen molar-refractivity contribution in [1.29, 1.82) is 0 Å². The molecule has 1 saturated heterocycles. The van der Waals surface area contributed by atoms with Crippen molar-refractivity contribution in [3.63, 3.8) is 0 Å². The van der Waals surface area contributed by atoms with Crippen LogP contribution >= 0.6 is 0 Å². The predicted molar refractivity (Wildman–Crippen MR) is 39.7 cm³/mol. The molecule has 0 bridgehead atoms. The van der Waals surface area contributed by atoms with E-state index in [4.69, 9.17) is 0 Å². The molecule has 1 heterocycles. The van der Waals surface area contributed by atoms with E-state index in [0.717, 1.165) is 12.8 Å². The maximum Gasteiger partial charge on any atom is 0.218 e. The Balaban J connectivity index is 2.63. The number of sulfonamides is 1. The van der Waals surface area contributed by atoms with Crippen molar-refractivity contribution in [1.82, 2.24) is 4.31 Å². The lowest BCUT2D eigenvalue weighted by atomic mass is 10.4. The summed E-state index contributed by atoms with van der Waals surface area (Å²) in [7, 11) is -2.99. The first-order chi connectivity index (χ1) is 4.67. The van der Waals surface area contributed by atoms with Gasteiger partial charge in [-0.15, -0.1) is 0 Å². The van der Waals surface area contributed by atoms with E-state index in [1.807, 2.05) is 0 Å². The van der Waals surface area contributed by atoms with E-state index >= 15 is 0 Å². The molecule has 4 heteroatoms. The lowest BCUT2D eigenvalue weighted by Gasteiger charge is -2.12. The summed E-state index contributed by atoms with van der Waals surface area (Å²) in [5.41, 5.74) is 0. The molecule has 0 aromatic carbocycles. The van der Waals surface area contributed by atoms with Gasteiger partial charge in [-0.05, 0) is 19.8 Å². The van der Waals surface area contributed by atoms with Gasteiger partial charge in [0.25, 0.3) is 0 Å². The van der Waals surface area contributed by atoms with Crippen molar-refractivity contribution < 1.29 is 8.42 Å². The minimum atomic E-state index is -2.99. The van der Waals surface area contributed by atoms with Crippen LogP contribution in [0.15, 0.2) is 0 Å². The molecule has 1 rings (SSSR count). The molecule has 0 spiro atoms. The van der Waals surface area contributed by atoms with Crippen molar-refractivity contribution >= 4 is 10.0 Å². The van der Waals surface area contributed by atoms with Gasteiger partial charge in [0.05, 0.1) is 5.75 Å². The van der Waals surface area contributed by atoms with Crippen LogP contribution in [0.2, 0.25) is 0 Å². The van der Waals surface area contributed by atoms with Crippen molar-refractivity contribution in [2.45, 2.75) is 19.8 Å². The molecule has 0 unspecified atom stereocenters. The van der Waals surface area contributed by atoms with Crippen molar-refractivity contribution in [2.75, 3.05) is 13.1 Å². The Hall–Kier alpha value is -0.0900. The van der Waals surface area contributed by atoms with E-state index < -0.39 is 10.0 Å². The van der Waals surface area contributed by atoms with Gasteiger partial charge in [-0.2, -0.15) is 0 Å². The van der Waals surface area contributed by atoms with Gasteiger partial charge < -0.3 is 0 Å². The Bertz CT molecular complexity index is 192. The second kappa shape index (κ2) is 2.88. The SMILES string of the molecule is C[CH]S(=O)(=O)N1CCCC1. The highest BCUT2D eigenvalue weighted by molar-refractivity contribution is 7.91. The Morgan fingerprint density at radius 2 is 1.80 bits per heavy atom. The molecule has 1 aliphatic rings. The van der Waals surface area contributed by atoms with Crippen LogP contribution in [0.5, 0.6) is 0 Å². The summed E-state index contributed by atoms with van der Waals surface area (Å²) in [6.45, 7) is 2.97. The molecule has 1 radical (unpaired) electrons. The monoisotopic (exact) mass is 162 g/mol. The summed E-state index contributed by atoms with van der Waals surface area (Å²) < 4.78 is 23.7. The summed E-state index contributed by atoms with van der Waals surface area (Å²) in [6.07, 6.45) is 2.01. The number of hydrogen-bond donors (Lipinski definition) is 0. The Labute approximate surface area is 62.1 Å². The zero-order valence-corrected chi connectivity index (χ0v) is 6.89. The van der Waals surface area contributed by atoms with Crippen molar-refractivity contribution in [3.05, 3.63) is 5.75 Å². The first-order valence-corrected chi connectivity index (χ1v) is 4.96. The molecule has 10 heavy (non-hydrogen) atoms. The lowest BCUT2D eigenvalue weighted by Crippen LogP contribution is -2.26. The fraction of sp³-hybridized carbons (Fsp3) is 0.833. The van der Waals surface area contributed by atoms with Crippen LogP contribution in [0.4, 0.5) is 0 Å². The van der Waals surface area contributed by atoms with Crippen LogP contribution in [0.1, 0.15) is 19.8 Å². The molecule has 0 saturated carbocycles. The summed E-state index contributed by atoms with van der Waals surface area (Å²) in [5, 5.41) is 0. The fourth-order valence-corrected chi connectivity index (χ4v) is 2.16. The summed E-state index contributed by atoms with van der Waals surface area (Å²) in [6, 6.07) is 0. The van der Waals surface area contributed by atoms with E-state index in [2.05, 4.69) is 0 Å². The molecule has 3 nitrogen and oxygen atoms in total. The van der Waals surface area contributed by atoms with E-state index in [0.29, 0.717) is 13.1 Å². The minimum Gasteiger partial charge on any atom is -0.212 e. The van der Waals surface area contributed by atoms with Gasteiger partial charge in [0.15, 0.2) is 0 Å². The van der Waals surface area contributed by atoms with Gasteiger partial charge >= 0.3 is 0 Å². The average molecular weight is 162 g/mol. The molecular formula is C6H12NO2S. The van der Waals surface area contributed by atoms with Crippen LogP contribution in [-0.2, 0) is 10.0 Å². The van der Waals surface area contributed by atoms with Crippen molar-refractivity contribution in [3.8, 4) is 0 Å². The first-order valence-electron chi connectivity index (χ1n) is 3.46. The number of rotatable bonds is 2. The highest BCUT2D eigenvalue weighted by atomic mass is 32.2. The highest BCUT2D eigenvalue weighted by Gasteiger charge is 2.22. The predicted octanol–water partition coefficient (Wildman–Crippen LogP) is 0.594. The standard InChI is InChI=1S/C6H12NO2S/c1-2-10(8,9)7-5-3-4-6-7/h2H,3-6H2,1H3. The second-order valence-corrected chi connectivity index (χ2v) is 4.40. The van der Waals surface area contributed by atoms with E-state index in [9.17, 15) is 8.42 Å². The van der Waals surface area contributed by atoms with Crippen LogP contribution < -0.4 is 0 Å². The normalized spacial score (nSPS) is 21.7. The quantitative estimate of drug-likeness (QED) is 0.596. The van der Waals surface area contributed by atoms with Crippen LogP contribution in [0, 0.1) is 5.75 Å². The van der Waals surface area contributed by atoms with Gasteiger partial charge in [0.1, 0.15) is 0 Å². The molecular weight excluding hydrogens is 150 g/mol. The van der Waals surface area contributed by atoms with Gasteiger partial charge in [-0.25, -0.2) is 12.7 Å². The highest BCUT2D eigenvalue weighted by Crippen LogP contribution is 2.13. The third-order valence-corrected chi connectivity index (χ3v) is 3.40. The molecule has 0 aromatic heterocycles. The largest absolute Gasteiger partial charge is 0.218 e. The smallest absolute Gasteiger partial charge is 0.212 e. The second-order valence-electron chi connectivity index (χ2n) is 2.39. The fourth-order valence-electron chi connectivity index (χ4n) is 1.09. The van der Waals surface area contributed by atoms with E-state index in [1.54, 1.807) is 6.92 Å². The van der Waals surface area contributed by atoms with E-state index in [-0.39, 0.29) is 0 Å². The zero-order chi connectivity index (χ0) is 7.61. The lowest BCUT2D eigenvalue weighted by molar-refractivity contribution is 0.483. The summed E-state index contributed by atoms with van der Waals surface area (Å²) in [4.78, 5) is 0. The van der Waals surface area contributed by atoms with Crippen LogP contribution in [0.3, 0.4) is 0 Å². The third-order valence-electron chi connectivity index (χ3n) is 1.72. The van der Waals surface area contributed by atoms with Crippen molar-refractivity contribution in [2.24, 2.45) is 0 Å². The molecule has 1 aliphatic heterocycles. The zero-order valence-electron chi connectivity index (χ0n) is 6.08. The number of hydrogen-bond acceptors (Lipinski definition) is 2. The number of nitrogens with zero attached hydrogens (tertiary/aromatic N) is 1. The molecule has 0 atom stereocenters.